The molecule has 7 heterocycles. The number of hydrogen-bond donors (Lipinski definition) is 1. The Morgan fingerprint density at radius 2 is 1.83 bits per heavy atom. The molecule has 1 spiro atoms. The number of aromatic nitrogens is 6. The van der Waals surface area contributed by atoms with Gasteiger partial charge in [0.15, 0.2) is 17.3 Å². The van der Waals surface area contributed by atoms with E-state index in [2.05, 4.69) is 20.4 Å². The van der Waals surface area contributed by atoms with Crippen LogP contribution in [0.2, 0.25) is 5.02 Å². The Kier molecular flexibility index (Phi) is 10.1. The molecule has 3 aliphatic rings. The Hall–Kier alpha value is -6.17. The van der Waals surface area contributed by atoms with Crippen molar-refractivity contribution in [1.82, 2.24) is 34.0 Å². The monoisotopic (exact) mass is 840 g/mol. The summed E-state index contributed by atoms with van der Waals surface area (Å²) in [5.41, 5.74) is 0.975. The maximum atomic E-state index is 14.6. The van der Waals surface area contributed by atoms with E-state index in [1.807, 2.05) is 36.4 Å². The molecule has 4 aromatic heterocycles. The van der Waals surface area contributed by atoms with Crippen molar-refractivity contribution in [3.05, 3.63) is 128 Å². The van der Waals surface area contributed by atoms with Gasteiger partial charge >= 0.3 is 6.18 Å². The Morgan fingerprint density at radius 1 is 1.03 bits per heavy atom. The van der Waals surface area contributed by atoms with Crippen LogP contribution < -0.4 is 15.6 Å². The fraction of sp³-hybridized carbons (Fsp3) is 0.310. The predicted octanol–water partition coefficient (Wildman–Crippen LogP) is 6.75. The molecule has 9 rings (SSSR count). The SMILES string of the molecule is C[C@H]1OC2(CCN(C(=O)c3nc4cccnc4cc3OCc3ccccc3)CC2)c2c1n(CC(=O)Nc1ccc(C(F)(F)F)cc1Cl)c1nc(C3=CCOCC3)nn1c2=O. The Bertz CT molecular complexity index is 2770. The zero-order valence-corrected chi connectivity index (χ0v) is 32.8. The summed E-state index contributed by atoms with van der Waals surface area (Å²) in [6.45, 7) is 2.73. The number of carbonyl (C=O) groups is 2. The van der Waals surface area contributed by atoms with Gasteiger partial charge in [0.1, 0.15) is 18.8 Å². The molecular formula is C42H36ClF3N8O6. The Morgan fingerprint density at radius 3 is 2.57 bits per heavy atom. The van der Waals surface area contributed by atoms with Crippen molar-refractivity contribution in [2.24, 2.45) is 0 Å². The van der Waals surface area contributed by atoms with Gasteiger partial charge in [-0.1, -0.05) is 48.0 Å². The van der Waals surface area contributed by atoms with Gasteiger partial charge < -0.3 is 29.0 Å². The average molecular weight is 841 g/mol. The summed E-state index contributed by atoms with van der Waals surface area (Å²) >= 11 is 6.18. The van der Waals surface area contributed by atoms with Crippen LogP contribution in [-0.2, 0) is 39.2 Å². The summed E-state index contributed by atoms with van der Waals surface area (Å²) < 4.78 is 61.0. The fourth-order valence-corrected chi connectivity index (χ4v) is 8.32. The number of anilines is 1. The van der Waals surface area contributed by atoms with Crippen molar-refractivity contribution in [2.75, 3.05) is 31.6 Å². The van der Waals surface area contributed by atoms with Crippen LogP contribution in [-0.4, -0.2) is 72.2 Å². The molecule has 18 heteroatoms. The first-order chi connectivity index (χ1) is 28.9. The molecule has 6 aromatic rings. The third kappa shape index (κ3) is 7.26. The summed E-state index contributed by atoms with van der Waals surface area (Å²) in [7, 11) is 0. The molecule has 1 saturated heterocycles. The number of rotatable bonds is 8. The first-order valence-electron chi connectivity index (χ1n) is 19.3. The van der Waals surface area contributed by atoms with Gasteiger partial charge in [-0.3, -0.25) is 19.4 Å². The van der Waals surface area contributed by atoms with E-state index in [-0.39, 0.29) is 71.9 Å². The van der Waals surface area contributed by atoms with Crippen LogP contribution in [0.5, 0.6) is 5.75 Å². The number of nitrogens with one attached hydrogen (secondary N) is 1. The maximum Gasteiger partial charge on any atom is 0.416 e. The smallest absolute Gasteiger partial charge is 0.416 e. The molecule has 2 amide bonds. The third-order valence-electron chi connectivity index (χ3n) is 11.0. The van der Waals surface area contributed by atoms with Crippen molar-refractivity contribution < 1.29 is 37.0 Å². The lowest BCUT2D eigenvalue weighted by Gasteiger charge is -2.39. The number of amides is 2. The van der Waals surface area contributed by atoms with E-state index in [1.54, 1.807) is 40.8 Å². The summed E-state index contributed by atoms with van der Waals surface area (Å²) in [4.78, 5) is 58.1. The predicted molar refractivity (Wildman–Crippen MR) is 212 cm³/mol. The first-order valence-corrected chi connectivity index (χ1v) is 19.6. The number of pyridine rings is 2. The molecule has 14 nitrogen and oxygen atoms in total. The number of benzene rings is 2. The molecule has 0 aliphatic carbocycles. The molecule has 0 radical (unpaired) electrons. The van der Waals surface area contributed by atoms with Crippen molar-refractivity contribution in [1.29, 1.82) is 0 Å². The van der Waals surface area contributed by atoms with Gasteiger partial charge in [-0.15, -0.1) is 5.10 Å². The minimum absolute atomic E-state index is 0.0264. The van der Waals surface area contributed by atoms with Gasteiger partial charge in [-0.05, 0) is 67.7 Å². The van der Waals surface area contributed by atoms with Crippen LogP contribution in [0.25, 0.3) is 22.4 Å². The highest BCUT2D eigenvalue weighted by Crippen LogP contribution is 2.48. The largest absolute Gasteiger partial charge is 0.486 e. The topological polar surface area (TPSA) is 155 Å². The van der Waals surface area contributed by atoms with Crippen LogP contribution in [0, 0.1) is 0 Å². The lowest BCUT2D eigenvalue weighted by molar-refractivity contribution is -0.137. The van der Waals surface area contributed by atoms with E-state index >= 15 is 0 Å². The second-order valence-corrected chi connectivity index (χ2v) is 15.2. The quantitative estimate of drug-likeness (QED) is 0.174. The second-order valence-electron chi connectivity index (χ2n) is 14.8. The van der Waals surface area contributed by atoms with E-state index in [1.165, 1.54) is 0 Å². The van der Waals surface area contributed by atoms with Crippen molar-refractivity contribution in [3.63, 3.8) is 0 Å². The molecule has 1 atom stereocenters. The summed E-state index contributed by atoms with van der Waals surface area (Å²) in [5.74, 6) is -0.340. The standard InChI is InChI=1S/C42H36ClF3N8O6/c1-24-36-34(41(60-24)13-16-52(17-14-41)39(57)35-32(59-23-25-6-3-2-4-7-25)21-31-30(49-35)8-5-15-47-31)38(56)54-40(50-37(51-54)26-11-18-58-19-12-26)53(36)22-33(55)48-29-10-9-27(20-28(29)43)42(44,45)46/h2-11,15,20-21,24H,12-14,16-19,22-23H2,1H3,(H,48,55)/t24-/m1/s1. The number of carbonyl (C=O) groups excluding carboxylic acids is 2. The number of nitrogens with zero attached hydrogens (tertiary/aromatic N) is 7. The van der Waals surface area contributed by atoms with Crippen LogP contribution in [0.15, 0.2) is 83.8 Å². The second kappa shape index (κ2) is 15.5. The summed E-state index contributed by atoms with van der Waals surface area (Å²) in [5, 5.41) is 6.92. The highest BCUT2D eigenvalue weighted by Gasteiger charge is 2.51. The van der Waals surface area contributed by atoms with E-state index in [0.29, 0.717) is 42.2 Å². The Balaban J connectivity index is 1.04. The highest BCUT2D eigenvalue weighted by atomic mass is 35.5. The van der Waals surface area contributed by atoms with E-state index < -0.39 is 41.5 Å². The third-order valence-corrected chi connectivity index (χ3v) is 11.3. The first kappa shape index (κ1) is 39.3. The minimum atomic E-state index is -4.63. The molecule has 0 saturated carbocycles. The van der Waals surface area contributed by atoms with Crippen LogP contribution >= 0.6 is 11.6 Å². The molecule has 1 fully saturated rings. The lowest BCUT2D eigenvalue weighted by Crippen LogP contribution is -2.47. The molecule has 308 valence electrons. The summed E-state index contributed by atoms with van der Waals surface area (Å²) in [6.07, 6.45) is -0.904. The van der Waals surface area contributed by atoms with Gasteiger partial charge in [0.2, 0.25) is 11.7 Å². The Labute approximate surface area is 344 Å². The average Bonchev–Trinajstić information content (AvgIpc) is 3.82. The van der Waals surface area contributed by atoms with E-state index in [4.69, 9.17) is 30.8 Å². The van der Waals surface area contributed by atoms with Crippen molar-refractivity contribution >= 4 is 51.5 Å². The summed E-state index contributed by atoms with van der Waals surface area (Å²) in [6, 6.07) is 17.4. The zero-order chi connectivity index (χ0) is 41.8. The zero-order valence-electron chi connectivity index (χ0n) is 32.0. The van der Waals surface area contributed by atoms with Gasteiger partial charge in [-0.2, -0.15) is 22.7 Å². The molecule has 0 bridgehead atoms. The lowest BCUT2D eigenvalue weighted by atomic mass is 9.85. The number of halogens is 4. The van der Waals surface area contributed by atoms with E-state index in [0.717, 1.165) is 33.9 Å². The molecule has 60 heavy (non-hydrogen) atoms. The number of hydrogen-bond acceptors (Lipinski definition) is 10. The number of likely N-dealkylation sites (tertiary alicyclic amines) is 1. The molecular weight excluding hydrogens is 805 g/mol. The number of ether oxygens (including phenoxy) is 3. The highest BCUT2D eigenvalue weighted by molar-refractivity contribution is 6.33. The number of piperidine rings is 1. The number of fused-ring (bicyclic) bond motifs is 4. The van der Waals surface area contributed by atoms with Gasteiger partial charge in [-0.25, -0.2) is 4.98 Å². The minimum Gasteiger partial charge on any atom is -0.486 e. The fourth-order valence-electron chi connectivity index (χ4n) is 8.10. The molecule has 0 unspecified atom stereocenters. The molecule has 1 N–H and O–H groups in total. The van der Waals surface area contributed by atoms with Gasteiger partial charge in [0, 0.05) is 25.4 Å². The van der Waals surface area contributed by atoms with Crippen LogP contribution in [0.3, 0.4) is 0 Å². The van der Waals surface area contributed by atoms with Gasteiger partial charge in [0.05, 0.1) is 57.9 Å². The van der Waals surface area contributed by atoms with Gasteiger partial charge in [0.25, 0.3) is 11.5 Å². The van der Waals surface area contributed by atoms with Crippen molar-refractivity contribution in [3.8, 4) is 5.75 Å². The van der Waals surface area contributed by atoms with Crippen LogP contribution in [0.4, 0.5) is 18.9 Å². The van der Waals surface area contributed by atoms with E-state index in [9.17, 15) is 27.6 Å². The molecule has 3 aliphatic heterocycles. The number of alkyl halides is 3. The normalized spacial score (nSPS) is 17.5. The molecule has 2 aromatic carbocycles. The van der Waals surface area contributed by atoms with Crippen LogP contribution in [0.1, 0.15) is 71.0 Å². The maximum absolute atomic E-state index is 14.6. The van der Waals surface area contributed by atoms with Crippen molar-refractivity contribution in [2.45, 2.75) is 57.2 Å².